The minimum absolute atomic E-state index is 0.560. The standard InChI is InChI=1S/C15H26N4/c1-2-15(8-4-5-9-15)12-16-11-14-18-17-13-7-3-6-10-19(13)14/h16H,2-12H2,1H3. The number of rotatable bonds is 5. The molecule has 2 aliphatic rings. The molecule has 1 aromatic rings. The van der Waals surface area contributed by atoms with E-state index in [-0.39, 0.29) is 0 Å². The van der Waals surface area contributed by atoms with Gasteiger partial charge in [0.15, 0.2) is 0 Å². The van der Waals surface area contributed by atoms with E-state index in [9.17, 15) is 0 Å². The summed E-state index contributed by atoms with van der Waals surface area (Å²) < 4.78 is 2.32. The molecule has 0 amide bonds. The van der Waals surface area contributed by atoms with Gasteiger partial charge in [-0.15, -0.1) is 10.2 Å². The van der Waals surface area contributed by atoms with Crippen LogP contribution in [-0.4, -0.2) is 21.3 Å². The summed E-state index contributed by atoms with van der Waals surface area (Å²) in [5, 5.41) is 12.3. The Bertz CT molecular complexity index is 418. The number of nitrogens with zero attached hydrogens (tertiary/aromatic N) is 3. The Kier molecular flexibility index (Phi) is 3.87. The van der Waals surface area contributed by atoms with Crippen LogP contribution in [0.2, 0.25) is 0 Å². The minimum Gasteiger partial charge on any atom is -0.314 e. The van der Waals surface area contributed by atoms with Crippen LogP contribution in [0.25, 0.3) is 0 Å². The van der Waals surface area contributed by atoms with Crippen molar-refractivity contribution in [3.05, 3.63) is 11.6 Å². The summed E-state index contributed by atoms with van der Waals surface area (Å²) in [4.78, 5) is 0. The van der Waals surface area contributed by atoms with E-state index in [1.165, 1.54) is 50.8 Å². The number of nitrogens with one attached hydrogen (secondary N) is 1. The quantitative estimate of drug-likeness (QED) is 0.887. The fraction of sp³-hybridized carbons (Fsp3) is 0.867. The average molecular weight is 262 g/mol. The molecule has 106 valence electrons. The second-order valence-corrected chi connectivity index (χ2v) is 6.31. The van der Waals surface area contributed by atoms with Crippen molar-refractivity contribution in [2.75, 3.05) is 6.54 Å². The van der Waals surface area contributed by atoms with Crippen LogP contribution in [0.1, 0.15) is 63.5 Å². The van der Waals surface area contributed by atoms with Gasteiger partial charge in [-0.3, -0.25) is 0 Å². The maximum atomic E-state index is 4.36. The molecular weight excluding hydrogens is 236 g/mol. The number of fused-ring (bicyclic) bond motifs is 1. The van der Waals surface area contributed by atoms with Crippen LogP contribution in [0.3, 0.4) is 0 Å². The fourth-order valence-electron chi connectivity index (χ4n) is 3.72. The summed E-state index contributed by atoms with van der Waals surface area (Å²) >= 11 is 0. The van der Waals surface area contributed by atoms with Gasteiger partial charge in [0, 0.05) is 19.5 Å². The summed E-state index contributed by atoms with van der Waals surface area (Å²) in [7, 11) is 0. The third-order valence-electron chi connectivity index (χ3n) is 5.13. The number of aromatic nitrogens is 3. The predicted octanol–water partition coefficient (Wildman–Crippen LogP) is 2.67. The molecule has 3 rings (SSSR count). The molecule has 0 spiro atoms. The smallest absolute Gasteiger partial charge is 0.147 e. The van der Waals surface area contributed by atoms with Crippen molar-refractivity contribution in [2.45, 2.75) is 71.4 Å². The van der Waals surface area contributed by atoms with Crippen LogP contribution in [0, 0.1) is 5.41 Å². The monoisotopic (exact) mass is 262 g/mol. The predicted molar refractivity (Wildman–Crippen MR) is 75.9 cm³/mol. The maximum Gasteiger partial charge on any atom is 0.147 e. The molecule has 1 aliphatic heterocycles. The highest BCUT2D eigenvalue weighted by Crippen LogP contribution is 2.40. The largest absolute Gasteiger partial charge is 0.314 e. The lowest BCUT2D eigenvalue weighted by molar-refractivity contribution is 0.266. The lowest BCUT2D eigenvalue weighted by atomic mass is 9.83. The Morgan fingerprint density at radius 2 is 2.00 bits per heavy atom. The summed E-state index contributed by atoms with van der Waals surface area (Å²) in [5.41, 5.74) is 0.560. The van der Waals surface area contributed by atoms with Gasteiger partial charge in [0.05, 0.1) is 6.54 Å². The molecule has 4 heteroatoms. The van der Waals surface area contributed by atoms with Crippen LogP contribution < -0.4 is 5.32 Å². The molecule has 4 nitrogen and oxygen atoms in total. The molecule has 1 fully saturated rings. The zero-order valence-corrected chi connectivity index (χ0v) is 12.1. The van der Waals surface area contributed by atoms with Gasteiger partial charge in [-0.2, -0.15) is 0 Å². The number of hydrogen-bond acceptors (Lipinski definition) is 3. The highest BCUT2D eigenvalue weighted by molar-refractivity contribution is 4.99. The molecule has 0 unspecified atom stereocenters. The van der Waals surface area contributed by atoms with Gasteiger partial charge in [0.2, 0.25) is 0 Å². The van der Waals surface area contributed by atoms with Gasteiger partial charge in [-0.25, -0.2) is 0 Å². The molecular formula is C15H26N4. The molecule has 1 N–H and O–H groups in total. The summed E-state index contributed by atoms with van der Waals surface area (Å²) in [6, 6.07) is 0. The van der Waals surface area contributed by atoms with Crippen molar-refractivity contribution in [1.29, 1.82) is 0 Å². The summed E-state index contributed by atoms with van der Waals surface area (Å²) in [6.45, 7) is 5.48. The van der Waals surface area contributed by atoms with Gasteiger partial charge in [-0.1, -0.05) is 19.8 Å². The third-order valence-corrected chi connectivity index (χ3v) is 5.13. The van der Waals surface area contributed by atoms with E-state index in [2.05, 4.69) is 27.0 Å². The van der Waals surface area contributed by atoms with Crippen LogP contribution in [0.5, 0.6) is 0 Å². The Morgan fingerprint density at radius 3 is 2.79 bits per heavy atom. The fourth-order valence-corrected chi connectivity index (χ4v) is 3.72. The summed E-state index contributed by atoms with van der Waals surface area (Å²) in [6.07, 6.45) is 10.6. The molecule has 19 heavy (non-hydrogen) atoms. The molecule has 0 atom stereocenters. The van der Waals surface area contributed by atoms with Crippen LogP contribution in [0.15, 0.2) is 0 Å². The van der Waals surface area contributed by atoms with Crippen molar-refractivity contribution in [3.8, 4) is 0 Å². The van der Waals surface area contributed by atoms with E-state index in [1.54, 1.807) is 0 Å². The van der Waals surface area contributed by atoms with Crippen molar-refractivity contribution < 1.29 is 0 Å². The van der Waals surface area contributed by atoms with Gasteiger partial charge in [0.25, 0.3) is 0 Å². The maximum absolute atomic E-state index is 4.36. The minimum atomic E-state index is 0.560. The van der Waals surface area contributed by atoms with Crippen molar-refractivity contribution in [3.63, 3.8) is 0 Å². The van der Waals surface area contributed by atoms with Crippen molar-refractivity contribution in [2.24, 2.45) is 5.41 Å². The molecule has 0 bridgehead atoms. The summed E-state index contributed by atoms with van der Waals surface area (Å²) in [5.74, 6) is 2.33. The molecule has 0 saturated heterocycles. The topological polar surface area (TPSA) is 42.7 Å². The van der Waals surface area contributed by atoms with Crippen LogP contribution in [0.4, 0.5) is 0 Å². The van der Waals surface area contributed by atoms with Gasteiger partial charge >= 0.3 is 0 Å². The lowest BCUT2D eigenvalue weighted by Gasteiger charge is -2.27. The van der Waals surface area contributed by atoms with Gasteiger partial charge in [0.1, 0.15) is 11.6 Å². The molecule has 0 radical (unpaired) electrons. The molecule has 0 aromatic carbocycles. The zero-order chi connectivity index (χ0) is 13.1. The first kappa shape index (κ1) is 13.1. The first-order valence-corrected chi connectivity index (χ1v) is 7.95. The Balaban J connectivity index is 1.56. The van der Waals surface area contributed by atoms with Crippen molar-refractivity contribution >= 4 is 0 Å². The average Bonchev–Trinajstić information content (AvgIpc) is 3.07. The third kappa shape index (κ3) is 2.69. The van der Waals surface area contributed by atoms with E-state index < -0.39 is 0 Å². The zero-order valence-electron chi connectivity index (χ0n) is 12.1. The normalized spacial score (nSPS) is 21.5. The molecule has 1 aliphatic carbocycles. The highest BCUT2D eigenvalue weighted by atomic mass is 15.3. The molecule has 2 heterocycles. The molecule has 1 aromatic heterocycles. The van der Waals surface area contributed by atoms with E-state index >= 15 is 0 Å². The Hall–Kier alpha value is -0.900. The highest BCUT2D eigenvalue weighted by Gasteiger charge is 2.31. The number of hydrogen-bond donors (Lipinski definition) is 1. The van der Waals surface area contributed by atoms with E-state index in [0.29, 0.717) is 5.41 Å². The first-order valence-electron chi connectivity index (χ1n) is 7.95. The number of aryl methyl sites for hydroxylation is 1. The van der Waals surface area contributed by atoms with Crippen molar-refractivity contribution in [1.82, 2.24) is 20.1 Å². The van der Waals surface area contributed by atoms with E-state index in [0.717, 1.165) is 31.9 Å². The Labute approximate surface area is 116 Å². The van der Waals surface area contributed by atoms with Crippen LogP contribution >= 0.6 is 0 Å². The molecule has 1 saturated carbocycles. The lowest BCUT2D eigenvalue weighted by Crippen LogP contribution is -2.32. The second-order valence-electron chi connectivity index (χ2n) is 6.31. The van der Waals surface area contributed by atoms with Gasteiger partial charge in [-0.05, 0) is 37.5 Å². The second kappa shape index (κ2) is 5.61. The van der Waals surface area contributed by atoms with E-state index in [1.807, 2.05) is 0 Å². The van der Waals surface area contributed by atoms with Crippen LogP contribution in [-0.2, 0) is 19.5 Å². The SMILES string of the molecule is CCC1(CNCc2nnc3n2CCCC3)CCCC1. The first-order chi connectivity index (χ1) is 9.33. The Morgan fingerprint density at radius 1 is 1.16 bits per heavy atom. The van der Waals surface area contributed by atoms with E-state index in [4.69, 9.17) is 0 Å². The van der Waals surface area contributed by atoms with Gasteiger partial charge < -0.3 is 9.88 Å².